The molecule has 0 aliphatic heterocycles. The lowest BCUT2D eigenvalue weighted by Crippen LogP contribution is -2.22. The lowest BCUT2D eigenvalue weighted by atomic mass is 10.1. The highest BCUT2D eigenvalue weighted by Crippen LogP contribution is 2.16. The van der Waals surface area contributed by atoms with Crippen molar-refractivity contribution in [1.29, 1.82) is 0 Å². The summed E-state index contributed by atoms with van der Waals surface area (Å²) in [5.41, 5.74) is 7.64. The zero-order valence-electron chi connectivity index (χ0n) is 10.8. The highest BCUT2D eigenvalue weighted by Gasteiger charge is 2.13. The molecule has 0 atom stereocenters. The third-order valence-corrected chi connectivity index (χ3v) is 2.75. The summed E-state index contributed by atoms with van der Waals surface area (Å²) >= 11 is 0. The Morgan fingerprint density at radius 2 is 2.05 bits per heavy atom. The standard InChI is InChI=1S/C14H16N4O/c1-16-14(19)11-9-17-13(18-12(11)7-8-15)10-5-3-2-4-6-10/h2-6,9H,7-8,15H2,1H3,(H,16,19). The van der Waals surface area contributed by atoms with E-state index in [4.69, 9.17) is 5.73 Å². The van der Waals surface area contributed by atoms with E-state index in [0.29, 0.717) is 30.0 Å². The lowest BCUT2D eigenvalue weighted by molar-refractivity contribution is 0.0961. The molecule has 1 aromatic carbocycles. The van der Waals surface area contributed by atoms with Gasteiger partial charge in [-0.3, -0.25) is 4.79 Å². The van der Waals surface area contributed by atoms with E-state index >= 15 is 0 Å². The van der Waals surface area contributed by atoms with Gasteiger partial charge in [-0.15, -0.1) is 0 Å². The molecule has 0 saturated carbocycles. The lowest BCUT2D eigenvalue weighted by Gasteiger charge is -2.08. The molecule has 3 N–H and O–H groups in total. The first kappa shape index (κ1) is 13.2. The molecule has 0 unspecified atom stereocenters. The number of aromatic nitrogens is 2. The molecule has 5 nitrogen and oxygen atoms in total. The van der Waals surface area contributed by atoms with Gasteiger partial charge in [0, 0.05) is 25.2 Å². The third-order valence-electron chi connectivity index (χ3n) is 2.75. The Labute approximate surface area is 111 Å². The molecule has 0 aliphatic rings. The Morgan fingerprint density at radius 3 is 2.68 bits per heavy atom. The smallest absolute Gasteiger partial charge is 0.254 e. The molecule has 1 aromatic heterocycles. The zero-order valence-corrected chi connectivity index (χ0v) is 10.8. The summed E-state index contributed by atoms with van der Waals surface area (Å²) in [5, 5.41) is 2.58. The summed E-state index contributed by atoms with van der Waals surface area (Å²) < 4.78 is 0. The molecule has 5 heteroatoms. The monoisotopic (exact) mass is 256 g/mol. The summed E-state index contributed by atoms with van der Waals surface area (Å²) in [6, 6.07) is 9.65. The first-order chi connectivity index (χ1) is 9.26. The van der Waals surface area contributed by atoms with Gasteiger partial charge in [-0.25, -0.2) is 9.97 Å². The Hall–Kier alpha value is -2.27. The van der Waals surface area contributed by atoms with Crippen molar-refractivity contribution in [3.8, 4) is 11.4 Å². The van der Waals surface area contributed by atoms with Crippen LogP contribution in [0.25, 0.3) is 11.4 Å². The molecule has 0 saturated heterocycles. The number of nitrogens with zero attached hydrogens (tertiary/aromatic N) is 2. The van der Waals surface area contributed by atoms with Crippen LogP contribution in [-0.2, 0) is 6.42 Å². The second-order valence-electron chi connectivity index (χ2n) is 4.04. The third kappa shape index (κ3) is 2.95. The predicted octanol–water partition coefficient (Wildman–Crippen LogP) is 1.00. The van der Waals surface area contributed by atoms with Gasteiger partial charge < -0.3 is 11.1 Å². The second kappa shape index (κ2) is 6.06. The van der Waals surface area contributed by atoms with Gasteiger partial charge >= 0.3 is 0 Å². The van der Waals surface area contributed by atoms with Crippen molar-refractivity contribution < 1.29 is 4.79 Å². The van der Waals surface area contributed by atoms with E-state index in [1.807, 2.05) is 30.3 Å². The Balaban J connectivity index is 2.44. The van der Waals surface area contributed by atoms with Gasteiger partial charge in [0.1, 0.15) is 0 Å². The van der Waals surface area contributed by atoms with E-state index in [1.54, 1.807) is 13.2 Å². The van der Waals surface area contributed by atoms with Crippen LogP contribution in [0.3, 0.4) is 0 Å². The second-order valence-corrected chi connectivity index (χ2v) is 4.04. The van der Waals surface area contributed by atoms with E-state index in [0.717, 1.165) is 5.56 Å². The predicted molar refractivity (Wildman–Crippen MR) is 73.6 cm³/mol. The van der Waals surface area contributed by atoms with E-state index in [-0.39, 0.29) is 5.91 Å². The van der Waals surface area contributed by atoms with Crippen LogP contribution in [0.15, 0.2) is 36.5 Å². The molecule has 1 amide bonds. The van der Waals surface area contributed by atoms with Gasteiger partial charge in [-0.05, 0) is 6.54 Å². The van der Waals surface area contributed by atoms with E-state index in [9.17, 15) is 4.79 Å². The van der Waals surface area contributed by atoms with Gasteiger partial charge in [0.15, 0.2) is 5.82 Å². The maximum atomic E-state index is 11.7. The average molecular weight is 256 g/mol. The van der Waals surface area contributed by atoms with Crippen LogP contribution in [0.5, 0.6) is 0 Å². The number of hydrogen-bond acceptors (Lipinski definition) is 4. The van der Waals surface area contributed by atoms with Gasteiger partial charge in [0.05, 0.1) is 11.3 Å². The maximum Gasteiger partial charge on any atom is 0.254 e. The molecule has 0 aliphatic carbocycles. The number of carbonyl (C=O) groups excluding carboxylic acids is 1. The molecular weight excluding hydrogens is 240 g/mol. The van der Waals surface area contributed by atoms with E-state index in [1.165, 1.54) is 0 Å². The summed E-state index contributed by atoms with van der Waals surface area (Å²) in [6.45, 7) is 0.440. The fourth-order valence-electron chi connectivity index (χ4n) is 1.80. The van der Waals surface area contributed by atoms with Crippen LogP contribution in [0.2, 0.25) is 0 Å². The maximum absolute atomic E-state index is 11.7. The first-order valence-corrected chi connectivity index (χ1v) is 6.09. The fourth-order valence-corrected chi connectivity index (χ4v) is 1.80. The number of hydrogen-bond donors (Lipinski definition) is 2. The van der Waals surface area contributed by atoms with Crippen LogP contribution in [0.4, 0.5) is 0 Å². The quantitative estimate of drug-likeness (QED) is 0.855. The van der Waals surface area contributed by atoms with E-state index in [2.05, 4.69) is 15.3 Å². The number of nitrogens with two attached hydrogens (primary N) is 1. The summed E-state index contributed by atoms with van der Waals surface area (Å²) in [4.78, 5) is 20.4. The van der Waals surface area contributed by atoms with Crippen molar-refractivity contribution in [2.24, 2.45) is 5.73 Å². The molecule has 0 bridgehead atoms. The minimum Gasteiger partial charge on any atom is -0.355 e. The highest BCUT2D eigenvalue weighted by molar-refractivity contribution is 5.94. The Bertz CT molecular complexity index is 569. The van der Waals surface area contributed by atoms with E-state index < -0.39 is 0 Å². The normalized spacial score (nSPS) is 10.2. The van der Waals surface area contributed by atoms with Crippen molar-refractivity contribution in [2.75, 3.05) is 13.6 Å². The molecule has 0 radical (unpaired) electrons. The number of rotatable bonds is 4. The minimum absolute atomic E-state index is 0.192. The molecule has 2 rings (SSSR count). The van der Waals surface area contributed by atoms with Gasteiger partial charge in [-0.2, -0.15) is 0 Å². The average Bonchev–Trinajstić information content (AvgIpc) is 2.47. The fraction of sp³-hybridized carbons (Fsp3) is 0.214. The Kier molecular flexibility index (Phi) is 4.20. The highest BCUT2D eigenvalue weighted by atomic mass is 16.1. The van der Waals surface area contributed by atoms with Crippen LogP contribution in [-0.4, -0.2) is 29.5 Å². The first-order valence-electron chi connectivity index (χ1n) is 6.09. The minimum atomic E-state index is -0.192. The number of carbonyl (C=O) groups is 1. The largest absolute Gasteiger partial charge is 0.355 e. The van der Waals surface area contributed by atoms with Crippen molar-refractivity contribution in [1.82, 2.24) is 15.3 Å². The van der Waals surface area contributed by atoms with Crippen LogP contribution in [0.1, 0.15) is 16.1 Å². The summed E-state index contributed by atoms with van der Waals surface area (Å²) in [6.07, 6.45) is 2.10. The van der Waals surface area contributed by atoms with Gasteiger partial charge in [-0.1, -0.05) is 30.3 Å². The molecule has 0 spiro atoms. The van der Waals surface area contributed by atoms with Crippen LogP contribution in [0, 0.1) is 0 Å². The van der Waals surface area contributed by atoms with Crippen LogP contribution < -0.4 is 11.1 Å². The van der Waals surface area contributed by atoms with Gasteiger partial charge in [0.2, 0.25) is 0 Å². The number of nitrogens with one attached hydrogen (secondary N) is 1. The van der Waals surface area contributed by atoms with Crippen molar-refractivity contribution in [2.45, 2.75) is 6.42 Å². The SMILES string of the molecule is CNC(=O)c1cnc(-c2ccccc2)nc1CCN. The van der Waals surface area contributed by atoms with Crippen molar-refractivity contribution >= 4 is 5.91 Å². The van der Waals surface area contributed by atoms with Gasteiger partial charge in [0.25, 0.3) is 5.91 Å². The molecular formula is C14H16N4O. The molecule has 19 heavy (non-hydrogen) atoms. The number of amides is 1. The topological polar surface area (TPSA) is 80.9 Å². The molecule has 98 valence electrons. The molecule has 2 aromatic rings. The van der Waals surface area contributed by atoms with Crippen molar-refractivity contribution in [3.63, 3.8) is 0 Å². The number of benzene rings is 1. The zero-order chi connectivity index (χ0) is 13.7. The van der Waals surface area contributed by atoms with Crippen molar-refractivity contribution in [3.05, 3.63) is 47.8 Å². The van der Waals surface area contributed by atoms with Crippen LogP contribution >= 0.6 is 0 Å². The Morgan fingerprint density at radius 1 is 1.32 bits per heavy atom. The molecule has 1 heterocycles. The molecule has 0 fully saturated rings. The summed E-state index contributed by atoms with van der Waals surface area (Å²) in [5.74, 6) is 0.416. The summed E-state index contributed by atoms with van der Waals surface area (Å²) in [7, 11) is 1.58.